The number of benzene rings is 1. The van der Waals surface area contributed by atoms with Crippen LogP contribution in [0.4, 0.5) is 5.69 Å². The number of carbonyl (C=O) groups is 2. The van der Waals surface area contributed by atoms with E-state index in [4.69, 9.17) is 16.3 Å². The van der Waals surface area contributed by atoms with Crippen LogP contribution < -0.4 is 4.90 Å². The van der Waals surface area contributed by atoms with Crippen molar-refractivity contribution in [1.29, 1.82) is 0 Å². The number of rotatable bonds is 3. The molecule has 0 aliphatic carbocycles. The molecule has 2 fully saturated rings. The number of ether oxygens (including phenoxy) is 1. The molecule has 4 rings (SSSR count). The van der Waals surface area contributed by atoms with E-state index in [2.05, 4.69) is 4.90 Å². The lowest BCUT2D eigenvalue weighted by Crippen LogP contribution is -2.53. The van der Waals surface area contributed by atoms with Crippen molar-refractivity contribution in [2.45, 2.75) is 12.2 Å². The second kappa shape index (κ2) is 6.35. The molecule has 1 aromatic rings. The van der Waals surface area contributed by atoms with Crippen molar-refractivity contribution < 1.29 is 19.4 Å². The molecule has 0 spiro atoms. The van der Waals surface area contributed by atoms with E-state index >= 15 is 0 Å². The van der Waals surface area contributed by atoms with Crippen LogP contribution in [0.3, 0.4) is 0 Å². The molecular formula is C18H19ClN2O4. The fraction of sp³-hybridized carbons (Fsp3) is 0.444. The zero-order valence-electron chi connectivity index (χ0n) is 13.5. The van der Waals surface area contributed by atoms with Gasteiger partial charge < -0.3 is 19.6 Å². The van der Waals surface area contributed by atoms with Crippen molar-refractivity contribution in [2.24, 2.45) is 11.8 Å². The Kier molecular flexibility index (Phi) is 4.17. The first-order chi connectivity index (χ1) is 12.0. The lowest BCUT2D eigenvalue weighted by Gasteiger charge is -2.38. The van der Waals surface area contributed by atoms with Crippen LogP contribution in [0.2, 0.25) is 5.02 Å². The van der Waals surface area contributed by atoms with E-state index in [1.165, 1.54) is 0 Å². The standard InChI is InChI=1S/C18H19ClN2O4/c19-11-2-1-3-12(10-11)20-6-8-21(9-7-20)17(22)15-13-4-5-14(25-13)16(15)18(23)24/h1-5,10,13-16H,6-9H2,(H,23,24). The Morgan fingerprint density at radius 3 is 2.40 bits per heavy atom. The smallest absolute Gasteiger partial charge is 0.310 e. The van der Waals surface area contributed by atoms with Crippen LogP contribution in [-0.2, 0) is 14.3 Å². The number of aliphatic carboxylic acids is 1. The van der Waals surface area contributed by atoms with Gasteiger partial charge in [-0.15, -0.1) is 0 Å². The number of amides is 1. The minimum absolute atomic E-state index is 0.116. The van der Waals surface area contributed by atoms with Crippen molar-refractivity contribution in [2.75, 3.05) is 31.1 Å². The topological polar surface area (TPSA) is 70.1 Å². The molecule has 4 atom stereocenters. The first-order valence-corrected chi connectivity index (χ1v) is 8.78. The highest BCUT2D eigenvalue weighted by atomic mass is 35.5. The zero-order valence-corrected chi connectivity index (χ0v) is 14.3. The molecule has 3 aliphatic heterocycles. The summed E-state index contributed by atoms with van der Waals surface area (Å²) in [7, 11) is 0. The molecule has 6 nitrogen and oxygen atoms in total. The van der Waals surface area contributed by atoms with E-state index in [1.54, 1.807) is 11.0 Å². The van der Waals surface area contributed by atoms with Crippen molar-refractivity contribution in [1.82, 2.24) is 4.90 Å². The van der Waals surface area contributed by atoms with Crippen LogP contribution in [0, 0.1) is 11.8 Å². The molecule has 25 heavy (non-hydrogen) atoms. The highest BCUT2D eigenvalue weighted by Crippen LogP contribution is 2.40. The highest BCUT2D eigenvalue weighted by molar-refractivity contribution is 6.30. The maximum atomic E-state index is 12.9. The second-order valence-corrected chi connectivity index (χ2v) is 7.07. The van der Waals surface area contributed by atoms with Gasteiger partial charge in [0.1, 0.15) is 5.92 Å². The van der Waals surface area contributed by atoms with Crippen molar-refractivity contribution >= 4 is 29.2 Å². The van der Waals surface area contributed by atoms with Gasteiger partial charge in [0.25, 0.3) is 0 Å². The van der Waals surface area contributed by atoms with Crippen LogP contribution in [0.25, 0.3) is 0 Å². The summed E-state index contributed by atoms with van der Waals surface area (Å²) in [5.74, 6) is -2.48. The summed E-state index contributed by atoms with van der Waals surface area (Å²) in [5, 5.41) is 10.2. The first-order valence-electron chi connectivity index (χ1n) is 8.40. The summed E-state index contributed by atoms with van der Waals surface area (Å²) in [6, 6.07) is 7.65. The minimum Gasteiger partial charge on any atom is -0.481 e. The van der Waals surface area contributed by atoms with Crippen LogP contribution in [-0.4, -0.2) is 60.3 Å². The molecule has 1 aromatic carbocycles. The Morgan fingerprint density at radius 1 is 1.08 bits per heavy atom. The number of anilines is 1. The fourth-order valence-electron chi connectivity index (χ4n) is 3.97. The van der Waals surface area contributed by atoms with Crippen molar-refractivity contribution in [3.63, 3.8) is 0 Å². The molecule has 3 heterocycles. The predicted octanol–water partition coefficient (Wildman–Crippen LogP) is 1.64. The maximum absolute atomic E-state index is 12.9. The van der Waals surface area contributed by atoms with Crippen LogP contribution in [0.15, 0.2) is 36.4 Å². The SMILES string of the molecule is O=C(O)C1C2C=CC(O2)C1C(=O)N1CCN(c2cccc(Cl)c2)CC1. The maximum Gasteiger partial charge on any atom is 0.310 e. The molecule has 0 saturated carbocycles. The predicted molar refractivity (Wildman–Crippen MR) is 92.7 cm³/mol. The molecule has 3 aliphatic rings. The summed E-state index contributed by atoms with van der Waals surface area (Å²) in [6.07, 6.45) is 2.67. The number of hydrogen-bond donors (Lipinski definition) is 1. The number of halogens is 1. The normalized spacial score (nSPS) is 30.8. The first kappa shape index (κ1) is 16.4. The summed E-state index contributed by atoms with van der Waals surface area (Å²) in [6.45, 7) is 2.52. The molecule has 7 heteroatoms. The average molecular weight is 363 g/mol. The van der Waals surface area contributed by atoms with Crippen molar-refractivity contribution in [3.8, 4) is 0 Å². The third kappa shape index (κ3) is 2.89. The van der Waals surface area contributed by atoms with Gasteiger partial charge in [-0.1, -0.05) is 29.8 Å². The van der Waals surface area contributed by atoms with E-state index < -0.39 is 30.0 Å². The molecule has 1 N–H and O–H groups in total. The molecule has 0 aromatic heterocycles. The number of nitrogens with zero attached hydrogens (tertiary/aromatic N) is 2. The molecule has 1 amide bonds. The largest absolute Gasteiger partial charge is 0.481 e. The van der Waals surface area contributed by atoms with Gasteiger partial charge in [-0.3, -0.25) is 9.59 Å². The fourth-order valence-corrected chi connectivity index (χ4v) is 4.15. The Morgan fingerprint density at radius 2 is 1.76 bits per heavy atom. The van der Waals surface area contributed by atoms with Gasteiger partial charge >= 0.3 is 5.97 Å². The number of hydrogen-bond acceptors (Lipinski definition) is 4. The van der Waals surface area contributed by atoms with Gasteiger partial charge in [0.05, 0.1) is 18.1 Å². The minimum atomic E-state index is -0.965. The van der Waals surface area contributed by atoms with Crippen LogP contribution in [0.1, 0.15) is 0 Å². The number of piperazine rings is 1. The quantitative estimate of drug-likeness (QED) is 0.828. The lowest BCUT2D eigenvalue weighted by atomic mass is 9.82. The highest BCUT2D eigenvalue weighted by Gasteiger charge is 2.54. The van der Waals surface area contributed by atoms with E-state index in [1.807, 2.05) is 30.3 Å². The number of carboxylic acids is 1. The van der Waals surface area contributed by atoms with Gasteiger partial charge in [-0.2, -0.15) is 0 Å². The van der Waals surface area contributed by atoms with E-state index in [0.29, 0.717) is 31.2 Å². The monoisotopic (exact) mass is 362 g/mol. The molecule has 4 unspecified atom stereocenters. The van der Waals surface area contributed by atoms with E-state index in [-0.39, 0.29) is 5.91 Å². The lowest BCUT2D eigenvalue weighted by molar-refractivity contribution is -0.149. The van der Waals surface area contributed by atoms with Crippen LogP contribution >= 0.6 is 11.6 Å². The summed E-state index contributed by atoms with van der Waals surface area (Å²) in [5.41, 5.74) is 1.04. The molecule has 132 valence electrons. The van der Waals surface area contributed by atoms with Gasteiger partial charge in [0.2, 0.25) is 5.91 Å². The summed E-state index contributed by atoms with van der Waals surface area (Å²) in [4.78, 5) is 28.4. The molecule has 0 radical (unpaired) electrons. The number of fused-ring (bicyclic) bond motifs is 2. The van der Waals surface area contributed by atoms with E-state index in [0.717, 1.165) is 5.69 Å². The third-order valence-electron chi connectivity index (χ3n) is 5.23. The van der Waals surface area contributed by atoms with Crippen molar-refractivity contribution in [3.05, 3.63) is 41.4 Å². The van der Waals surface area contributed by atoms with Gasteiger partial charge in [0.15, 0.2) is 0 Å². The van der Waals surface area contributed by atoms with Gasteiger partial charge in [-0.25, -0.2) is 0 Å². The summed E-state index contributed by atoms with van der Waals surface area (Å²) >= 11 is 6.04. The van der Waals surface area contributed by atoms with E-state index in [9.17, 15) is 14.7 Å². The van der Waals surface area contributed by atoms with Crippen LogP contribution in [0.5, 0.6) is 0 Å². The second-order valence-electron chi connectivity index (χ2n) is 6.63. The number of carbonyl (C=O) groups excluding carboxylic acids is 1. The third-order valence-corrected chi connectivity index (χ3v) is 5.47. The Hall–Kier alpha value is -2.05. The van der Waals surface area contributed by atoms with Gasteiger partial charge in [-0.05, 0) is 18.2 Å². The molecule has 2 bridgehead atoms. The molecule has 2 saturated heterocycles. The molecular weight excluding hydrogens is 344 g/mol. The Balaban J connectivity index is 1.43. The number of carboxylic acid groups (broad SMARTS) is 1. The Bertz CT molecular complexity index is 730. The average Bonchev–Trinajstić information content (AvgIpc) is 3.22. The zero-order chi connectivity index (χ0) is 17.6. The van der Waals surface area contributed by atoms with Gasteiger partial charge in [0, 0.05) is 36.9 Å². The Labute approximate surface area is 150 Å². The summed E-state index contributed by atoms with van der Waals surface area (Å²) < 4.78 is 5.61.